The summed E-state index contributed by atoms with van der Waals surface area (Å²) < 4.78 is 28.1. The first-order valence-electron chi connectivity index (χ1n) is 10.1. The molecule has 2 aromatic heterocycles. The summed E-state index contributed by atoms with van der Waals surface area (Å²) in [4.78, 5) is 22.4. The Morgan fingerprint density at radius 2 is 2.06 bits per heavy atom. The Hall–Kier alpha value is -3.27. The lowest BCUT2D eigenvalue weighted by molar-refractivity contribution is -0.0268. The van der Waals surface area contributed by atoms with Gasteiger partial charge in [-0.25, -0.2) is 23.8 Å². The third-order valence-electron chi connectivity index (χ3n) is 5.45. The van der Waals surface area contributed by atoms with Gasteiger partial charge >= 0.3 is 6.09 Å². The molecule has 10 heteroatoms. The fraction of sp³-hybridized carbons (Fsp3) is 0.429. The minimum Gasteiger partial charge on any atom is -0.443 e. The number of halogens is 1. The minimum absolute atomic E-state index is 0.0192. The molecule has 1 fully saturated rings. The monoisotopic (exact) mass is 426 g/mol. The average molecular weight is 426 g/mol. The zero-order chi connectivity index (χ0) is 21.9. The van der Waals surface area contributed by atoms with Crippen molar-refractivity contribution < 1.29 is 18.7 Å². The van der Waals surface area contributed by atoms with Crippen molar-refractivity contribution in [3.05, 3.63) is 29.8 Å². The third-order valence-corrected chi connectivity index (χ3v) is 5.45. The molecule has 2 N–H and O–H groups in total. The van der Waals surface area contributed by atoms with Crippen LogP contribution >= 0.6 is 0 Å². The standard InChI is InChI=1S/C21H23FN6O3/c1-21(2,3)31-20(29)27-7-6-12-14(27)5-4-13(16(12)22)17-15-18(23)24-10-25-19(15)28(26-17)11-8-30-9-11/h4-5,10-11H,6-9H2,1-3H3,(H2,23,24,25). The van der Waals surface area contributed by atoms with Crippen molar-refractivity contribution in [2.45, 2.75) is 38.8 Å². The molecule has 0 spiro atoms. The Morgan fingerprint density at radius 1 is 1.29 bits per heavy atom. The van der Waals surface area contributed by atoms with Gasteiger partial charge in [0.25, 0.3) is 0 Å². The van der Waals surface area contributed by atoms with Crippen LogP contribution in [0.15, 0.2) is 18.5 Å². The van der Waals surface area contributed by atoms with Gasteiger partial charge in [0.1, 0.15) is 35.3 Å². The highest BCUT2D eigenvalue weighted by molar-refractivity contribution is 5.99. The van der Waals surface area contributed by atoms with Gasteiger partial charge in [0.2, 0.25) is 0 Å². The summed E-state index contributed by atoms with van der Waals surface area (Å²) in [6, 6.07) is 3.36. The van der Waals surface area contributed by atoms with Crippen LogP contribution in [0, 0.1) is 5.82 Å². The number of carbonyl (C=O) groups excluding carboxylic acids is 1. The first-order valence-corrected chi connectivity index (χ1v) is 10.1. The molecule has 5 rings (SSSR count). The van der Waals surface area contributed by atoms with Crippen molar-refractivity contribution in [3.63, 3.8) is 0 Å². The second kappa shape index (κ2) is 6.88. The van der Waals surface area contributed by atoms with Crippen LogP contribution in [0.5, 0.6) is 0 Å². The Labute approximate surface area is 178 Å². The number of hydrogen-bond acceptors (Lipinski definition) is 7. The maximum atomic E-state index is 15.7. The van der Waals surface area contributed by atoms with E-state index in [1.54, 1.807) is 37.6 Å². The van der Waals surface area contributed by atoms with Crippen molar-refractivity contribution in [3.8, 4) is 11.3 Å². The van der Waals surface area contributed by atoms with E-state index in [0.717, 1.165) is 0 Å². The number of nitrogen functional groups attached to an aromatic ring is 1. The summed E-state index contributed by atoms with van der Waals surface area (Å²) in [5.74, 6) is -0.190. The number of ether oxygens (including phenoxy) is 2. The van der Waals surface area contributed by atoms with Crippen LogP contribution in [0.3, 0.4) is 0 Å². The van der Waals surface area contributed by atoms with Gasteiger partial charge in [0.15, 0.2) is 5.65 Å². The highest BCUT2D eigenvalue weighted by Gasteiger charge is 2.33. The maximum absolute atomic E-state index is 15.7. The van der Waals surface area contributed by atoms with E-state index >= 15 is 4.39 Å². The molecule has 0 aliphatic carbocycles. The third kappa shape index (κ3) is 3.18. The second-order valence-electron chi connectivity index (χ2n) is 8.75. The molecule has 3 aromatic rings. The van der Waals surface area contributed by atoms with Crippen LogP contribution in [-0.2, 0) is 15.9 Å². The van der Waals surface area contributed by atoms with Crippen molar-refractivity contribution in [2.75, 3.05) is 30.4 Å². The summed E-state index contributed by atoms with van der Waals surface area (Å²) in [7, 11) is 0. The van der Waals surface area contributed by atoms with Crippen LogP contribution in [0.2, 0.25) is 0 Å². The van der Waals surface area contributed by atoms with E-state index in [1.807, 2.05) is 0 Å². The smallest absolute Gasteiger partial charge is 0.414 e. The number of rotatable bonds is 2. The Balaban J connectivity index is 1.59. The highest BCUT2D eigenvalue weighted by Crippen LogP contribution is 2.39. The lowest BCUT2D eigenvalue weighted by atomic mass is 10.0. The molecule has 162 valence electrons. The summed E-state index contributed by atoms with van der Waals surface area (Å²) in [6.45, 7) is 6.77. The zero-order valence-corrected chi connectivity index (χ0v) is 17.6. The number of anilines is 2. The average Bonchev–Trinajstić information content (AvgIpc) is 3.23. The number of aromatic nitrogens is 4. The van der Waals surface area contributed by atoms with Crippen molar-refractivity contribution in [1.82, 2.24) is 19.7 Å². The summed E-state index contributed by atoms with van der Waals surface area (Å²) in [6.07, 6.45) is 1.27. The van der Waals surface area contributed by atoms with E-state index in [1.165, 1.54) is 11.2 Å². The SMILES string of the molecule is CC(C)(C)OC(=O)N1CCc2c1ccc(-c1nn(C3COC3)c3ncnc(N)c13)c2F. The Morgan fingerprint density at radius 3 is 2.74 bits per heavy atom. The van der Waals surface area contributed by atoms with Crippen molar-refractivity contribution >= 4 is 28.6 Å². The van der Waals surface area contributed by atoms with E-state index in [9.17, 15) is 4.79 Å². The molecule has 1 saturated heterocycles. The van der Waals surface area contributed by atoms with Crippen LogP contribution in [0.25, 0.3) is 22.3 Å². The molecule has 1 aromatic carbocycles. The number of nitrogens with zero attached hydrogens (tertiary/aromatic N) is 5. The van der Waals surface area contributed by atoms with Gasteiger partial charge in [-0.3, -0.25) is 4.90 Å². The molecule has 0 unspecified atom stereocenters. The Bertz CT molecular complexity index is 1200. The lowest BCUT2D eigenvalue weighted by Crippen LogP contribution is -2.35. The van der Waals surface area contributed by atoms with Gasteiger partial charge in [-0.15, -0.1) is 0 Å². The summed E-state index contributed by atoms with van der Waals surface area (Å²) in [5.41, 5.74) is 7.69. The minimum atomic E-state index is -0.632. The number of nitrogens with two attached hydrogens (primary N) is 1. The molecule has 0 atom stereocenters. The molecule has 0 saturated carbocycles. The van der Waals surface area contributed by atoms with Gasteiger partial charge in [0.05, 0.1) is 24.3 Å². The topological polar surface area (TPSA) is 108 Å². The lowest BCUT2D eigenvalue weighted by Gasteiger charge is -2.26. The fourth-order valence-corrected chi connectivity index (χ4v) is 3.94. The van der Waals surface area contributed by atoms with Crippen LogP contribution in [-0.4, -0.2) is 51.2 Å². The van der Waals surface area contributed by atoms with Crippen molar-refractivity contribution in [2.24, 2.45) is 0 Å². The van der Waals surface area contributed by atoms with Gasteiger partial charge in [0, 0.05) is 17.7 Å². The quantitative estimate of drug-likeness (QED) is 0.671. The zero-order valence-electron chi connectivity index (χ0n) is 17.6. The summed E-state index contributed by atoms with van der Waals surface area (Å²) in [5, 5.41) is 5.15. The molecular formula is C21H23FN6O3. The van der Waals surface area contributed by atoms with E-state index in [2.05, 4.69) is 15.1 Å². The van der Waals surface area contributed by atoms with E-state index in [-0.39, 0.29) is 11.9 Å². The number of benzene rings is 1. The number of hydrogen-bond donors (Lipinski definition) is 1. The predicted octanol–water partition coefficient (Wildman–Crippen LogP) is 3.08. The van der Waals surface area contributed by atoms with Crippen LogP contribution in [0.4, 0.5) is 20.7 Å². The molecule has 2 aliphatic rings. The van der Waals surface area contributed by atoms with E-state index < -0.39 is 17.5 Å². The fourth-order valence-electron chi connectivity index (χ4n) is 3.94. The first-order chi connectivity index (χ1) is 14.7. The van der Waals surface area contributed by atoms with Crippen molar-refractivity contribution in [1.29, 1.82) is 0 Å². The molecule has 2 aliphatic heterocycles. The summed E-state index contributed by atoms with van der Waals surface area (Å²) >= 11 is 0. The van der Waals surface area contributed by atoms with Gasteiger partial charge in [-0.05, 0) is 39.3 Å². The van der Waals surface area contributed by atoms with Gasteiger partial charge < -0.3 is 15.2 Å². The highest BCUT2D eigenvalue weighted by atomic mass is 19.1. The maximum Gasteiger partial charge on any atom is 0.414 e. The normalized spacial score (nSPS) is 16.5. The van der Waals surface area contributed by atoms with Gasteiger partial charge in [-0.2, -0.15) is 5.10 Å². The van der Waals surface area contributed by atoms with E-state index in [4.69, 9.17) is 15.2 Å². The van der Waals surface area contributed by atoms with E-state index in [0.29, 0.717) is 59.7 Å². The first kappa shape index (κ1) is 19.7. The molecule has 0 bridgehead atoms. The Kier molecular flexibility index (Phi) is 4.37. The molecule has 0 radical (unpaired) electrons. The molecule has 1 amide bonds. The second-order valence-corrected chi connectivity index (χ2v) is 8.75. The molecule has 4 heterocycles. The van der Waals surface area contributed by atoms with Gasteiger partial charge in [-0.1, -0.05) is 0 Å². The van der Waals surface area contributed by atoms with Crippen LogP contribution < -0.4 is 10.6 Å². The number of carbonyl (C=O) groups is 1. The largest absolute Gasteiger partial charge is 0.443 e. The molecule has 31 heavy (non-hydrogen) atoms. The number of amides is 1. The van der Waals surface area contributed by atoms with Crippen LogP contribution in [0.1, 0.15) is 32.4 Å². The number of fused-ring (bicyclic) bond motifs is 2. The molecule has 9 nitrogen and oxygen atoms in total. The predicted molar refractivity (Wildman–Crippen MR) is 112 cm³/mol. The molecular weight excluding hydrogens is 403 g/mol.